The van der Waals surface area contributed by atoms with Crippen LogP contribution >= 0.6 is 0 Å². The van der Waals surface area contributed by atoms with Gasteiger partial charge in [0.1, 0.15) is 18.8 Å². The quantitative estimate of drug-likeness (QED) is 0.616. The third kappa shape index (κ3) is 2.37. The fourth-order valence-corrected chi connectivity index (χ4v) is 4.23. The lowest BCUT2D eigenvalue weighted by Crippen LogP contribution is -2.45. The Hall–Kier alpha value is -2.09. The summed E-state index contributed by atoms with van der Waals surface area (Å²) in [6.07, 6.45) is 11.6. The van der Waals surface area contributed by atoms with Crippen molar-refractivity contribution in [2.45, 2.75) is 32.1 Å². The molecule has 0 aromatic heterocycles. The van der Waals surface area contributed by atoms with Crippen molar-refractivity contribution in [2.75, 3.05) is 19.7 Å². The highest BCUT2D eigenvalue weighted by atomic mass is 16.5. The van der Waals surface area contributed by atoms with Crippen molar-refractivity contribution in [3.8, 4) is 5.75 Å². The third-order valence-electron chi connectivity index (χ3n) is 5.22. The molecular weight excluding hydrogens is 282 g/mol. The van der Waals surface area contributed by atoms with Crippen LogP contribution in [0.15, 0.2) is 43.0 Å². The summed E-state index contributed by atoms with van der Waals surface area (Å²) in [5, 5.41) is 2.77. The Balaban J connectivity index is 2.02. The normalized spacial score (nSPS) is 19.1. The Morgan fingerprint density at radius 2 is 2.00 bits per heavy atom. The molecule has 1 aromatic carbocycles. The van der Waals surface area contributed by atoms with E-state index in [1.54, 1.807) is 6.08 Å². The van der Waals surface area contributed by atoms with Gasteiger partial charge < -0.3 is 4.74 Å². The van der Waals surface area contributed by atoms with Crippen molar-refractivity contribution in [1.82, 2.24) is 4.58 Å². The van der Waals surface area contributed by atoms with Crippen molar-refractivity contribution in [3.63, 3.8) is 0 Å². The van der Waals surface area contributed by atoms with Crippen molar-refractivity contribution in [3.05, 3.63) is 64.7 Å². The van der Waals surface area contributed by atoms with E-state index in [0.717, 1.165) is 30.8 Å². The van der Waals surface area contributed by atoms with Gasteiger partial charge in [0.25, 0.3) is 0 Å². The van der Waals surface area contributed by atoms with E-state index in [0.29, 0.717) is 0 Å². The summed E-state index contributed by atoms with van der Waals surface area (Å²) in [7, 11) is 0. The zero-order chi connectivity index (χ0) is 15.8. The smallest absolute Gasteiger partial charge is 0.210 e. The molecule has 0 N–H and O–H groups in total. The van der Waals surface area contributed by atoms with E-state index in [-0.39, 0.29) is 0 Å². The van der Waals surface area contributed by atoms with Gasteiger partial charge in [-0.25, -0.2) is 4.58 Å². The lowest BCUT2D eigenvalue weighted by Gasteiger charge is -2.25. The van der Waals surface area contributed by atoms with Crippen LogP contribution < -0.4 is 19.9 Å². The van der Waals surface area contributed by atoms with Gasteiger partial charge in [-0.05, 0) is 30.1 Å². The van der Waals surface area contributed by atoms with Crippen molar-refractivity contribution < 1.29 is 4.74 Å². The highest BCUT2D eigenvalue weighted by molar-refractivity contribution is 5.70. The molecule has 23 heavy (non-hydrogen) atoms. The zero-order valence-electron chi connectivity index (χ0n) is 13.7. The van der Waals surface area contributed by atoms with Crippen LogP contribution in [0.2, 0.25) is 0 Å². The van der Waals surface area contributed by atoms with E-state index in [1.807, 2.05) is 6.08 Å². The molecule has 0 aliphatic carbocycles. The molecule has 4 rings (SSSR count). The molecule has 2 heteroatoms. The molecule has 0 amide bonds. The molecule has 0 bridgehead atoms. The molecule has 1 aromatic rings. The van der Waals surface area contributed by atoms with Gasteiger partial charge in [0.15, 0.2) is 0 Å². The van der Waals surface area contributed by atoms with Gasteiger partial charge in [-0.1, -0.05) is 31.4 Å². The second-order valence-electron chi connectivity index (χ2n) is 6.63. The number of hydrogen-bond donors (Lipinski definition) is 0. The monoisotopic (exact) mass is 306 g/mol. The first-order valence-electron chi connectivity index (χ1n) is 8.70. The van der Waals surface area contributed by atoms with Crippen LogP contribution in [-0.2, 0) is 12.8 Å². The summed E-state index contributed by atoms with van der Waals surface area (Å²) < 4.78 is 8.72. The van der Waals surface area contributed by atoms with E-state index >= 15 is 0 Å². The predicted molar refractivity (Wildman–Crippen MR) is 95.3 cm³/mol. The van der Waals surface area contributed by atoms with Crippen LogP contribution in [0.5, 0.6) is 5.75 Å². The standard InChI is InChI=1S/C21H24NO/c1-3-4-7-15(2)17-10-13-23-21-18-9-6-12-22-11-5-8-16(20(18)22)14-19(17)21/h3-4,7,14H,1-2,5-6,8-13H2/q+1/b7-4-. The van der Waals surface area contributed by atoms with Gasteiger partial charge in [0.2, 0.25) is 5.36 Å². The molecule has 0 fully saturated rings. The van der Waals surface area contributed by atoms with E-state index in [2.05, 4.69) is 29.9 Å². The maximum atomic E-state index is 6.15. The molecule has 3 aliphatic heterocycles. The maximum absolute atomic E-state index is 6.15. The van der Waals surface area contributed by atoms with Crippen LogP contribution in [-0.4, -0.2) is 19.7 Å². The van der Waals surface area contributed by atoms with Crippen LogP contribution in [0.3, 0.4) is 0 Å². The van der Waals surface area contributed by atoms with Crippen LogP contribution in [0.25, 0.3) is 5.57 Å². The van der Waals surface area contributed by atoms with Gasteiger partial charge in [0.05, 0.1) is 12.2 Å². The molecule has 0 saturated heterocycles. The average molecular weight is 306 g/mol. The number of benzene rings is 1. The van der Waals surface area contributed by atoms with Gasteiger partial charge in [0, 0.05) is 30.0 Å². The minimum absolute atomic E-state index is 0.759. The van der Waals surface area contributed by atoms with Crippen molar-refractivity contribution in [2.24, 2.45) is 0 Å². The first kappa shape index (κ1) is 14.5. The molecule has 0 atom stereocenters. The predicted octanol–water partition coefficient (Wildman–Crippen LogP) is 2.30. The number of aryl methyl sites for hydroxylation is 1. The lowest BCUT2D eigenvalue weighted by molar-refractivity contribution is 0.308. The summed E-state index contributed by atoms with van der Waals surface area (Å²) in [5.41, 5.74) is 5.38. The summed E-state index contributed by atoms with van der Waals surface area (Å²) in [6, 6.07) is 2.38. The van der Waals surface area contributed by atoms with E-state index in [1.165, 1.54) is 59.6 Å². The second-order valence-corrected chi connectivity index (χ2v) is 6.63. The number of ether oxygens (including phenoxy) is 1. The van der Waals surface area contributed by atoms with Gasteiger partial charge in [-0.2, -0.15) is 0 Å². The average Bonchev–Trinajstić information content (AvgIpc) is 2.60. The fourth-order valence-electron chi connectivity index (χ4n) is 4.23. The molecule has 3 aliphatic rings. The molecule has 0 spiro atoms. The fraction of sp³-hybridized carbons (Fsp3) is 0.381. The van der Waals surface area contributed by atoms with Gasteiger partial charge >= 0.3 is 0 Å². The SMILES string of the molecule is C=C/C=C\C(=C)C1=c2cc3c4c(c2OCC1)CCC[N+]=4CCC3. The zero-order valence-corrected chi connectivity index (χ0v) is 13.7. The van der Waals surface area contributed by atoms with E-state index in [4.69, 9.17) is 4.74 Å². The van der Waals surface area contributed by atoms with Crippen molar-refractivity contribution in [1.29, 1.82) is 0 Å². The molecule has 0 radical (unpaired) electrons. The number of nitrogens with zero attached hydrogens (tertiary/aromatic N) is 1. The Labute approximate surface area is 137 Å². The minimum atomic E-state index is 0.759. The summed E-state index contributed by atoms with van der Waals surface area (Å²) >= 11 is 0. The van der Waals surface area contributed by atoms with E-state index < -0.39 is 0 Å². The van der Waals surface area contributed by atoms with E-state index in [9.17, 15) is 0 Å². The molecule has 2 nitrogen and oxygen atoms in total. The number of hydrogen-bond acceptors (Lipinski definition) is 1. The summed E-state index contributed by atoms with van der Waals surface area (Å²) in [5.74, 6) is 1.13. The minimum Gasteiger partial charge on any atom is -0.492 e. The number of allylic oxidation sites excluding steroid dienone is 4. The topological polar surface area (TPSA) is 12.2 Å². The lowest BCUT2D eigenvalue weighted by atomic mass is 9.90. The first-order chi connectivity index (χ1) is 11.3. The summed E-state index contributed by atoms with van der Waals surface area (Å²) in [6.45, 7) is 11.2. The highest BCUT2D eigenvalue weighted by Crippen LogP contribution is 2.25. The Morgan fingerprint density at radius 3 is 2.83 bits per heavy atom. The molecule has 0 unspecified atom stereocenters. The molecule has 3 heterocycles. The second kappa shape index (κ2) is 5.84. The Kier molecular flexibility index (Phi) is 3.68. The van der Waals surface area contributed by atoms with Crippen molar-refractivity contribution >= 4 is 5.57 Å². The van der Waals surface area contributed by atoms with Crippen LogP contribution in [0.4, 0.5) is 0 Å². The Morgan fingerprint density at radius 1 is 1.17 bits per heavy atom. The maximum Gasteiger partial charge on any atom is 0.210 e. The van der Waals surface area contributed by atoms with Crippen LogP contribution in [0.1, 0.15) is 30.4 Å². The van der Waals surface area contributed by atoms with Gasteiger partial charge in [-0.15, -0.1) is 0 Å². The third-order valence-corrected chi connectivity index (χ3v) is 5.22. The summed E-state index contributed by atoms with van der Waals surface area (Å²) in [4.78, 5) is 0. The highest BCUT2D eigenvalue weighted by Gasteiger charge is 2.28. The number of rotatable bonds is 3. The molecule has 118 valence electrons. The molecular formula is C21H24NO+. The van der Waals surface area contributed by atoms with Gasteiger partial charge in [-0.3, -0.25) is 0 Å². The number of fused-ring (bicyclic) bond motifs is 2. The Bertz CT molecular complexity index is 838. The largest absolute Gasteiger partial charge is 0.492 e. The molecule has 0 saturated carbocycles. The first-order valence-corrected chi connectivity index (χ1v) is 8.70. The van der Waals surface area contributed by atoms with Crippen LogP contribution in [0, 0.1) is 0 Å².